The average Bonchev–Trinajstić information content (AvgIpc) is 3.40. The molecule has 7 heteroatoms. The molecule has 138 valence electrons. The molecule has 1 fully saturated rings. The molecule has 0 unspecified atom stereocenters. The molecule has 0 bridgehead atoms. The van der Waals surface area contributed by atoms with E-state index in [0.29, 0.717) is 17.8 Å². The Balaban J connectivity index is 1.44. The van der Waals surface area contributed by atoms with Crippen LogP contribution in [0.2, 0.25) is 0 Å². The third kappa shape index (κ3) is 3.78. The predicted octanol–water partition coefficient (Wildman–Crippen LogP) is 3.17. The third-order valence-corrected chi connectivity index (χ3v) is 5.58. The normalized spacial score (nSPS) is 16.9. The lowest BCUT2D eigenvalue weighted by molar-refractivity contribution is 0.0680. The first-order chi connectivity index (χ1) is 13.2. The minimum atomic E-state index is -0.168. The molecule has 4 rings (SSSR count). The van der Waals surface area contributed by atoms with E-state index in [1.807, 2.05) is 52.7 Å². The number of piperidine rings is 1. The van der Waals surface area contributed by atoms with E-state index in [-0.39, 0.29) is 17.9 Å². The van der Waals surface area contributed by atoms with Crippen molar-refractivity contribution in [2.24, 2.45) is 0 Å². The van der Waals surface area contributed by atoms with Gasteiger partial charge >= 0.3 is 0 Å². The molecule has 3 heterocycles. The van der Waals surface area contributed by atoms with E-state index in [0.717, 1.165) is 29.8 Å². The van der Waals surface area contributed by atoms with Crippen molar-refractivity contribution in [2.75, 3.05) is 13.1 Å². The summed E-state index contributed by atoms with van der Waals surface area (Å²) in [6, 6.07) is 13.3. The number of aromatic amines is 1. The quantitative estimate of drug-likeness (QED) is 0.730. The van der Waals surface area contributed by atoms with Gasteiger partial charge in [0.15, 0.2) is 0 Å². The van der Waals surface area contributed by atoms with E-state index >= 15 is 0 Å². The summed E-state index contributed by atoms with van der Waals surface area (Å²) in [6.07, 6.45) is 3.28. The van der Waals surface area contributed by atoms with E-state index in [1.54, 1.807) is 6.20 Å². The standard InChI is InChI=1S/C20H20N4O2S/c25-19(16-12-21-23-18(16)14-6-2-1-3-7-14)22-15-8-4-10-24(13-15)20(26)17-9-5-11-27-17/h1-3,5-7,9,11-12,15H,4,8,10,13H2,(H,21,23)(H,22,25)/t15-/m1/s1. The zero-order valence-electron chi connectivity index (χ0n) is 14.7. The molecule has 1 aliphatic heterocycles. The molecule has 1 aromatic carbocycles. The molecule has 2 amide bonds. The van der Waals surface area contributed by atoms with Gasteiger partial charge in [-0.05, 0) is 24.3 Å². The molecule has 0 aliphatic carbocycles. The van der Waals surface area contributed by atoms with Crippen molar-refractivity contribution in [1.29, 1.82) is 0 Å². The predicted molar refractivity (Wildman–Crippen MR) is 105 cm³/mol. The number of thiophene rings is 1. The minimum absolute atomic E-state index is 0.0391. The fraction of sp³-hybridized carbons (Fsp3) is 0.250. The molecule has 0 radical (unpaired) electrons. The second-order valence-corrected chi connectivity index (χ2v) is 7.51. The van der Waals surface area contributed by atoms with Gasteiger partial charge in [-0.25, -0.2) is 0 Å². The molecule has 1 aliphatic rings. The van der Waals surface area contributed by atoms with E-state index in [9.17, 15) is 9.59 Å². The number of rotatable bonds is 4. The van der Waals surface area contributed by atoms with Crippen molar-refractivity contribution in [1.82, 2.24) is 20.4 Å². The largest absolute Gasteiger partial charge is 0.347 e. The minimum Gasteiger partial charge on any atom is -0.347 e. The van der Waals surface area contributed by atoms with Gasteiger partial charge in [0.1, 0.15) is 0 Å². The summed E-state index contributed by atoms with van der Waals surface area (Å²) in [5, 5.41) is 11.9. The van der Waals surface area contributed by atoms with Gasteiger partial charge in [-0.2, -0.15) is 5.10 Å². The number of likely N-dealkylation sites (tertiary alicyclic amines) is 1. The first-order valence-electron chi connectivity index (χ1n) is 8.95. The fourth-order valence-electron chi connectivity index (χ4n) is 3.38. The second-order valence-electron chi connectivity index (χ2n) is 6.57. The molecule has 6 nitrogen and oxygen atoms in total. The first-order valence-corrected chi connectivity index (χ1v) is 9.83. The maximum atomic E-state index is 12.8. The van der Waals surface area contributed by atoms with E-state index in [4.69, 9.17) is 0 Å². The van der Waals surface area contributed by atoms with Crippen molar-refractivity contribution in [3.8, 4) is 11.3 Å². The number of amides is 2. The SMILES string of the molecule is O=C(N[C@@H]1CCCN(C(=O)c2cccs2)C1)c1cn[nH]c1-c1ccccc1. The molecule has 1 saturated heterocycles. The van der Waals surface area contributed by atoms with E-state index in [1.165, 1.54) is 11.3 Å². The van der Waals surface area contributed by atoms with Gasteiger partial charge in [-0.15, -0.1) is 11.3 Å². The van der Waals surface area contributed by atoms with Crippen LogP contribution in [0.4, 0.5) is 0 Å². The molecule has 27 heavy (non-hydrogen) atoms. The monoisotopic (exact) mass is 380 g/mol. The molecule has 0 saturated carbocycles. The zero-order chi connectivity index (χ0) is 18.6. The van der Waals surface area contributed by atoms with Crippen LogP contribution in [0.15, 0.2) is 54.0 Å². The van der Waals surface area contributed by atoms with Crippen LogP contribution in [-0.4, -0.2) is 46.0 Å². The van der Waals surface area contributed by atoms with Gasteiger partial charge in [0.2, 0.25) is 0 Å². The summed E-state index contributed by atoms with van der Waals surface area (Å²) in [5.41, 5.74) is 2.14. The summed E-state index contributed by atoms with van der Waals surface area (Å²) in [7, 11) is 0. The lowest BCUT2D eigenvalue weighted by Gasteiger charge is -2.33. The Kier molecular flexibility index (Phi) is 5.02. The van der Waals surface area contributed by atoms with Crippen LogP contribution in [0, 0.1) is 0 Å². The number of carbonyl (C=O) groups is 2. The summed E-state index contributed by atoms with van der Waals surface area (Å²) in [5.74, 6) is -0.129. The molecule has 3 aromatic rings. The second kappa shape index (κ2) is 7.75. The number of H-pyrrole nitrogens is 1. The van der Waals surface area contributed by atoms with Crippen LogP contribution >= 0.6 is 11.3 Å². The Morgan fingerprint density at radius 2 is 2.04 bits per heavy atom. The van der Waals surface area contributed by atoms with Gasteiger partial charge in [-0.3, -0.25) is 14.7 Å². The summed E-state index contributed by atoms with van der Waals surface area (Å²) in [4.78, 5) is 27.9. The van der Waals surface area contributed by atoms with E-state index in [2.05, 4.69) is 15.5 Å². The number of nitrogens with one attached hydrogen (secondary N) is 2. The van der Waals surface area contributed by atoms with Crippen molar-refractivity contribution >= 4 is 23.2 Å². The summed E-state index contributed by atoms with van der Waals surface area (Å²) < 4.78 is 0. The van der Waals surface area contributed by atoms with Gasteiger partial charge in [0.05, 0.1) is 22.3 Å². The van der Waals surface area contributed by atoms with Crippen molar-refractivity contribution in [3.05, 3.63) is 64.5 Å². The van der Waals surface area contributed by atoms with Crippen molar-refractivity contribution in [3.63, 3.8) is 0 Å². The molecular formula is C20H20N4O2S. The Morgan fingerprint density at radius 3 is 2.81 bits per heavy atom. The Bertz CT molecular complexity index is 921. The Labute approximate surface area is 161 Å². The van der Waals surface area contributed by atoms with Crippen LogP contribution in [-0.2, 0) is 0 Å². The summed E-state index contributed by atoms with van der Waals surface area (Å²) >= 11 is 1.45. The van der Waals surface area contributed by atoms with Crippen LogP contribution in [0.3, 0.4) is 0 Å². The van der Waals surface area contributed by atoms with Gasteiger partial charge < -0.3 is 10.2 Å². The Morgan fingerprint density at radius 1 is 1.19 bits per heavy atom. The third-order valence-electron chi connectivity index (χ3n) is 4.72. The number of hydrogen-bond acceptors (Lipinski definition) is 4. The van der Waals surface area contributed by atoms with Crippen molar-refractivity contribution < 1.29 is 9.59 Å². The highest BCUT2D eigenvalue weighted by Crippen LogP contribution is 2.22. The van der Waals surface area contributed by atoms with Gasteiger partial charge in [0.25, 0.3) is 11.8 Å². The van der Waals surface area contributed by atoms with Gasteiger partial charge in [0, 0.05) is 24.7 Å². The van der Waals surface area contributed by atoms with Crippen LogP contribution in [0.5, 0.6) is 0 Å². The zero-order valence-corrected chi connectivity index (χ0v) is 15.5. The highest BCUT2D eigenvalue weighted by molar-refractivity contribution is 7.12. The maximum Gasteiger partial charge on any atom is 0.263 e. The molecule has 2 N–H and O–H groups in total. The fourth-order valence-corrected chi connectivity index (χ4v) is 4.07. The highest BCUT2D eigenvalue weighted by Gasteiger charge is 2.27. The molecule has 2 aromatic heterocycles. The summed E-state index contributed by atoms with van der Waals surface area (Å²) in [6.45, 7) is 1.26. The Hall–Kier alpha value is -2.93. The van der Waals surface area contributed by atoms with Gasteiger partial charge in [-0.1, -0.05) is 36.4 Å². The lowest BCUT2D eigenvalue weighted by atomic mass is 10.0. The van der Waals surface area contributed by atoms with Crippen molar-refractivity contribution in [2.45, 2.75) is 18.9 Å². The number of hydrogen-bond donors (Lipinski definition) is 2. The number of nitrogens with zero attached hydrogens (tertiary/aromatic N) is 2. The van der Waals surface area contributed by atoms with Crippen LogP contribution in [0.1, 0.15) is 32.9 Å². The number of carbonyl (C=O) groups excluding carboxylic acids is 2. The smallest absolute Gasteiger partial charge is 0.263 e. The number of benzene rings is 1. The molecule has 0 spiro atoms. The maximum absolute atomic E-state index is 12.8. The lowest BCUT2D eigenvalue weighted by Crippen LogP contribution is -2.49. The van der Waals surface area contributed by atoms with E-state index < -0.39 is 0 Å². The van der Waals surface area contributed by atoms with Crippen LogP contribution < -0.4 is 5.32 Å². The average molecular weight is 380 g/mol. The molecule has 1 atom stereocenters. The molecular weight excluding hydrogens is 360 g/mol. The highest BCUT2D eigenvalue weighted by atomic mass is 32.1. The topological polar surface area (TPSA) is 78.1 Å². The van der Waals surface area contributed by atoms with Crippen LogP contribution in [0.25, 0.3) is 11.3 Å². The number of aromatic nitrogens is 2. The first kappa shape index (κ1) is 17.5.